The van der Waals surface area contributed by atoms with Crippen molar-refractivity contribution in [3.8, 4) is 11.3 Å². The second-order valence-electron chi connectivity index (χ2n) is 4.12. The summed E-state index contributed by atoms with van der Waals surface area (Å²) in [7, 11) is 0. The molecule has 0 saturated carbocycles. The molecule has 0 fully saturated rings. The van der Waals surface area contributed by atoms with Crippen molar-refractivity contribution >= 4 is 17.0 Å². The number of fused-ring (bicyclic) bond motifs is 1. The van der Waals surface area contributed by atoms with Crippen molar-refractivity contribution in [1.82, 2.24) is 14.7 Å². The zero-order valence-electron chi connectivity index (χ0n) is 10.2. The third kappa shape index (κ3) is 1.87. The average molecular weight is 257 g/mol. The number of imidazole rings is 1. The molecule has 3 rings (SSSR count). The molecule has 96 valence electrons. The van der Waals surface area contributed by atoms with E-state index in [1.54, 1.807) is 6.33 Å². The van der Waals surface area contributed by atoms with Gasteiger partial charge in [-0.2, -0.15) is 0 Å². The normalized spacial score (nSPS) is 11.0. The first kappa shape index (κ1) is 11.5. The predicted molar refractivity (Wildman–Crippen MR) is 67.9 cm³/mol. The molecule has 0 spiro atoms. The Morgan fingerprint density at radius 2 is 2.26 bits per heavy atom. The van der Waals surface area contributed by atoms with Gasteiger partial charge in [-0.15, -0.1) is 0 Å². The lowest BCUT2D eigenvalue weighted by Gasteiger charge is -1.99. The molecule has 6 heteroatoms. The zero-order valence-corrected chi connectivity index (χ0v) is 10.2. The second kappa shape index (κ2) is 4.24. The third-order valence-corrected chi connectivity index (χ3v) is 2.98. The first-order chi connectivity index (χ1) is 9.19. The molecule has 2 aromatic heterocycles. The lowest BCUT2D eigenvalue weighted by atomic mass is 10.1. The van der Waals surface area contributed by atoms with Crippen LogP contribution in [0.1, 0.15) is 17.4 Å². The van der Waals surface area contributed by atoms with E-state index >= 15 is 0 Å². The number of hydrogen-bond donors (Lipinski definition) is 1. The van der Waals surface area contributed by atoms with Crippen molar-refractivity contribution in [2.24, 2.45) is 0 Å². The van der Waals surface area contributed by atoms with E-state index in [-0.39, 0.29) is 5.69 Å². The molecule has 0 aliphatic rings. The fourth-order valence-electron chi connectivity index (χ4n) is 1.98. The van der Waals surface area contributed by atoms with Crippen LogP contribution in [-0.4, -0.2) is 25.8 Å². The monoisotopic (exact) mass is 257 g/mol. The minimum Gasteiger partial charge on any atom is -0.476 e. The molecule has 0 radical (unpaired) electrons. The van der Waals surface area contributed by atoms with Crippen LogP contribution in [0.3, 0.4) is 0 Å². The Morgan fingerprint density at radius 1 is 1.42 bits per heavy atom. The fraction of sp³-hybridized carbons (Fsp3) is 0.154. The van der Waals surface area contributed by atoms with Crippen molar-refractivity contribution in [2.75, 3.05) is 0 Å². The van der Waals surface area contributed by atoms with E-state index < -0.39 is 5.97 Å². The number of aromatic nitrogens is 3. The summed E-state index contributed by atoms with van der Waals surface area (Å²) in [4.78, 5) is 15.1. The van der Waals surface area contributed by atoms with Gasteiger partial charge < -0.3 is 14.2 Å². The van der Waals surface area contributed by atoms with Gasteiger partial charge in [-0.05, 0) is 25.1 Å². The van der Waals surface area contributed by atoms with E-state index in [0.29, 0.717) is 5.76 Å². The molecule has 3 aromatic rings. The molecule has 0 atom stereocenters. The summed E-state index contributed by atoms with van der Waals surface area (Å²) in [6.07, 6.45) is 1.78. The van der Waals surface area contributed by atoms with Crippen LogP contribution in [0.15, 0.2) is 35.1 Å². The third-order valence-electron chi connectivity index (χ3n) is 2.98. The molecule has 2 heterocycles. The highest BCUT2D eigenvalue weighted by Gasteiger charge is 2.13. The summed E-state index contributed by atoms with van der Waals surface area (Å²) >= 11 is 0. The van der Waals surface area contributed by atoms with E-state index in [2.05, 4.69) is 10.1 Å². The molecule has 0 aliphatic carbocycles. The molecule has 0 unspecified atom stereocenters. The summed E-state index contributed by atoms with van der Waals surface area (Å²) in [6.45, 7) is 2.89. The molecule has 0 saturated heterocycles. The van der Waals surface area contributed by atoms with Crippen molar-refractivity contribution in [2.45, 2.75) is 13.5 Å². The minimum absolute atomic E-state index is 0.103. The predicted octanol–water partition coefficient (Wildman–Crippen LogP) is 2.41. The highest BCUT2D eigenvalue weighted by Crippen LogP contribution is 2.24. The van der Waals surface area contributed by atoms with Gasteiger partial charge in [0.25, 0.3) is 0 Å². The van der Waals surface area contributed by atoms with Crippen LogP contribution < -0.4 is 0 Å². The average Bonchev–Trinajstić information content (AvgIpc) is 3.04. The standard InChI is InChI=1S/C13H11N3O3/c1-2-16-7-14-9-5-8(3-4-11(9)16)12-6-10(13(17)18)15-19-12/h3-7H,2H2,1H3,(H,17,18). The highest BCUT2D eigenvalue weighted by atomic mass is 16.5. The quantitative estimate of drug-likeness (QED) is 0.779. The van der Waals surface area contributed by atoms with E-state index in [1.165, 1.54) is 6.07 Å². The van der Waals surface area contributed by atoms with Crippen LogP contribution in [-0.2, 0) is 6.54 Å². The van der Waals surface area contributed by atoms with Crippen LogP contribution in [0.5, 0.6) is 0 Å². The topological polar surface area (TPSA) is 81.2 Å². The van der Waals surface area contributed by atoms with Crippen molar-refractivity contribution in [3.63, 3.8) is 0 Å². The molecule has 19 heavy (non-hydrogen) atoms. The van der Waals surface area contributed by atoms with Gasteiger partial charge in [0.15, 0.2) is 11.5 Å². The largest absolute Gasteiger partial charge is 0.476 e. The Bertz CT molecular complexity index is 757. The van der Waals surface area contributed by atoms with Crippen LogP contribution in [0.4, 0.5) is 0 Å². The summed E-state index contributed by atoms with van der Waals surface area (Å²) in [5, 5.41) is 12.3. The number of carboxylic acid groups (broad SMARTS) is 1. The van der Waals surface area contributed by atoms with E-state index in [1.807, 2.05) is 29.7 Å². The number of carbonyl (C=O) groups is 1. The smallest absolute Gasteiger partial charge is 0.358 e. The Hall–Kier alpha value is -2.63. The maximum absolute atomic E-state index is 10.8. The maximum Gasteiger partial charge on any atom is 0.358 e. The second-order valence-corrected chi connectivity index (χ2v) is 4.12. The lowest BCUT2D eigenvalue weighted by Crippen LogP contribution is -1.94. The Kier molecular flexibility index (Phi) is 2.56. The molecular weight excluding hydrogens is 246 g/mol. The van der Waals surface area contributed by atoms with Gasteiger partial charge in [-0.1, -0.05) is 5.16 Å². The van der Waals surface area contributed by atoms with Crippen molar-refractivity contribution in [1.29, 1.82) is 0 Å². The van der Waals surface area contributed by atoms with E-state index in [4.69, 9.17) is 9.63 Å². The lowest BCUT2D eigenvalue weighted by molar-refractivity contribution is 0.0686. The molecule has 0 aliphatic heterocycles. The number of hydrogen-bond acceptors (Lipinski definition) is 4. The van der Waals surface area contributed by atoms with Crippen LogP contribution >= 0.6 is 0 Å². The van der Waals surface area contributed by atoms with Gasteiger partial charge in [0.05, 0.1) is 17.4 Å². The first-order valence-corrected chi connectivity index (χ1v) is 5.84. The highest BCUT2D eigenvalue weighted by molar-refractivity contribution is 5.87. The fourth-order valence-corrected chi connectivity index (χ4v) is 1.98. The molecule has 0 bridgehead atoms. The first-order valence-electron chi connectivity index (χ1n) is 5.84. The van der Waals surface area contributed by atoms with Gasteiger partial charge in [0.1, 0.15) is 0 Å². The van der Waals surface area contributed by atoms with Crippen molar-refractivity contribution < 1.29 is 14.4 Å². The van der Waals surface area contributed by atoms with Crippen molar-refractivity contribution in [3.05, 3.63) is 36.3 Å². The van der Waals surface area contributed by atoms with E-state index in [9.17, 15) is 4.79 Å². The number of rotatable bonds is 3. The summed E-state index contributed by atoms with van der Waals surface area (Å²) in [5.74, 6) is -0.684. The van der Waals surface area contributed by atoms with Crippen LogP contribution in [0.25, 0.3) is 22.4 Å². The Morgan fingerprint density at radius 3 is 2.95 bits per heavy atom. The van der Waals surface area contributed by atoms with Gasteiger partial charge in [0, 0.05) is 18.2 Å². The zero-order chi connectivity index (χ0) is 13.4. The van der Waals surface area contributed by atoms with Crippen LogP contribution in [0, 0.1) is 0 Å². The summed E-state index contributed by atoms with van der Waals surface area (Å²) in [5.41, 5.74) is 2.53. The van der Waals surface area contributed by atoms with E-state index in [0.717, 1.165) is 23.1 Å². The number of aryl methyl sites for hydroxylation is 1. The molecule has 6 nitrogen and oxygen atoms in total. The van der Waals surface area contributed by atoms with Gasteiger partial charge in [0.2, 0.25) is 0 Å². The number of nitrogens with zero attached hydrogens (tertiary/aromatic N) is 3. The van der Waals surface area contributed by atoms with Gasteiger partial charge in [-0.25, -0.2) is 9.78 Å². The molecule has 1 N–H and O–H groups in total. The molecular formula is C13H11N3O3. The van der Waals surface area contributed by atoms with Gasteiger partial charge in [-0.3, -0.25) is 0 Å². The molecule has 1 aromatic carbocycles. The molecule has 0 amide bonds. The summed E-state index contributed by atoms with van der Waals surface area (Å²) in [6, 6.07) is 7.06. The summed E-state index contributed by atoms with van der Waals surface area (Å²) < 4.78 is 7.06. The Balaban J connectivity index is 2.07. The maximum atomic E-state index is 10.8. The SMILES string of the molecule is CCn1cnc2cc(-c3cc(C(=O)O)no3)ccc21. The Labute approximate surface area is 108 Å². The van der Waals surface area contributed by atoms with Gasteiger partial charge >= 0.3 is 5.97 Å². The number of carboxylic acids is 1. The van der Waals surface area contributed by atoms with Crippen LogP contribution in [0.2, 0.25) is 0 Å². The number of aromatic carboxylic acids is 1. The minimum atomic E-state index is -1.11. The number of benzene rings is 1.